The Bertz CT molecular complexity index is 315. The van der Waals surface area contributed by atoms with E-state index in [0.717, 1.165) is 18.2 Å². The predicted molar refractivity (Wildman–Crippen MR) is 68.8 cm³/mol. The topological polar surface area (TPSA) is 37.8 Å². The van der Waals surface area contributed by atoms with Crippen molar-refractivity contribution in [3.63, 3.8) is 0 Å². The lowest BCUT2D eigenvalue weighted by molar-refractivity contribution is 0.520. The smallest absolute Gasteiger partial charge is 0.224 e. The highest BCUT2D eigenvalue weighted by atomic mass is 35.5. The molecule has 4 heteroatoms. The normalized spacial score (nSPS) is 12.8. The second-order valence-electron chi connectivity index (χ2n) is 4.58. The summed E-state index contributed by atoms with van der Waals surface area (Å²) < 4.78 is 0. The number of hydrogen-bond acceptors (Lipinski definition) is 3. The molecule has 0 saturated carbocycles. The number of halogens is 1. The van der Waals surface area contributed by atoms with Gasteiger partial charge in [-0.1, -0.05) is 26.7 Å². The van der Waals surface area contributed by atoms with E-state index in [4.69, 9.17) is 11.6 Å². The van der Waals surface area contributed by atoms with Crippen LogP contribution in [0.25, 0.3) is 0 Å². The molecule has 0 bridgehead atoms. The standard InChI is InChI=1S/C12H20ClN3/c1-9(2)5-4-6-10(3)15-11-7-8-14-12(13)16-11/h7-10H,4-6H2,1-3H3,(H,14,15,16). The van der Waals surface area contributed by atoms with Crippen LogP contribution in [-0.2, 0) is 0 Å². The first-order valence-electron chi connectivity index (χ1n) is 5.83. The summed E-state index contributed by atoms with van der Waals surface area (Å²) in [6.07, 6.45) is 5.33. The summed E-state index contributed by atoms with van der Waals surface area (Å²) >= 11 is 5.71. The van der Waals surface area contributed by atoms with Crippen LogP contribution in [0.1, 0.15) is 40.0 Å². The number of nitrogens with zero attached hydrogens (tertiary/aromatic N) is 2. The van der Waals surface area contributed by atoms with Gasteiger partial charge in [-0.25, -0.2) is 9.97 Å². The second kappa shape index (κ2) is 6.69. The molecule has 0 aromatic carbocycles. The summed E-state index contributed by atoms with van der Waals surface area (Å²) in [4.78, 5) is 7.95. The quantitative estimate of drug-likeness (QED) is 0.771. The highest BCUT2D eigenvalue weighted by Gasteiger charge is 2.04. The molecule has 0 saturated heterocycles. The van der Waals surface area contributed by atoms with Gasteiger partial charge in [0.2, 0.25) is 5.28 Å². The highest BCUT2D eigenvalue weighted by Crippen LogP contribution is 2.12. The summed E-state index contributed by atoms with van der Waals surface area (Å²) in [5.74, 6) is 1.58. The Labute approximate surface area is 103 Å². The summed E-state index contributed by atoms with van der Waals surface area (Å²) in [6.45, 7) is 6.67. The van der Waals surface area contributed by atoms with Crippen molar-refractivity contribution in [2.45, 2.75) is 46.1 Å². The summed E-state index contributed by atoms with van der Waals surface area (Å²) in [5, 5.41) is 3.61. The fraction of sp³-hybridized carbons (Fsp3) is 0.667. The van der Waals surface area contributed by atoms with E-state index in [0.29, 0.717) is 11.3 Å². The fourth-order valence-corrected chi connectivity index (χ4v) is 1.72. The van der Waals surface area contributed by atoms with Crippen molar-refractivity contribution in [2.24, 2.45) is 5.92 Å². The van der Waals surface area contributed by atoms with Gasteiger partial charge in [0.15, 0.2) is 0 Å². The first-order chi connectivity index (χ1) is 7.58. The maximum absolute atomic E-state index is 5.71. The third-order valence-electron chi connectivity index (χ3n) is 2.44. The molecule has 1 unspecified atom stereocenters. The van der Waals surface area contributed by atoms with Crippen LogP contribution in [0.2, 0.25) is 5.28 Å². The van der Waals surface area contributed by atoms with Gasteiger partial charge in [0.25, 0.3) is 0 Å². The van der Waals surface area contributed by atoms with E-state index in [1.165, 1.54) is 12.8 Å². The van der Waals surface area contributed by atoms with Crippen molar-refractivity contribution < 1.29 is 0 Å². The molecule has 0 amide bonds. The van der Waals surface area contributed by atoms with Crippen LogP contribution in [0, 0.1) is 5.92 Å². The van der Waals surface area contributed by atoms with Crippen molar-refractivity contribution in [1.29, 1.82) is 0 Å². The van der Waals surface area contributed by atoms with Crippen LogP contribution >= 0.6 is 11.6 Å². The Morgan fingerprint density at radius 2 is 2.06 bits per heavy atom. The molecular formula is C12H20ClN3. The average Bonchev–Trinajstić information content (AvgIpc) is 2.16. The SMILES string of the molecule is CC(C)CCCC(C)Nc1ccnc(Cl)n1. The Hall–Kier alpha value is -0.830. The van der Waals surface area contributed by atoms with E-state index in [1.807, 2.05) is 6.07 Å². The van der Waals surface area contributed by atoms with Gasteiger partial charge in [-0.15, -0.1) is 0 Å². The summed E-state index contributed by atoms with van der Waals surface area (Å²) in [7, 11) is 0. The highest BCUT2D eigenvalue weighted by molar-refractivity contribution is 6.28. The molecule has 1 N–H and O–H groups in total. The molecule has 3 nitrogen and oxygen atoms in total. The van der Waals surface area contributed by atoms with Crippen LogP contribution < -0.4 is 5.32 Å². The monoisotopic (exact) mass is 241 g/mol. The van der Waals surface area contributed by atoms with Crippen LogP contribution in [0.5, 0.6) is 0 Å². The van der Waals surface area contributed by atoms with E-state index in [2.05, 4.69) is 36.1 Å². The third kappa shape index (κ3) is 5.31. The Morgan fingerprint density at radius 3 is 2.69 bits per heavy atom. The van der Waals surface area contributed by atoms with Gasteiger partial charge in [0, 0.05) is 12.2 Å². The molecule has 0 fully saturated rings. The van der Waals surface area contributed by atoms with Crippen molar-refractivity contribution in [1.82, 2.24) is 9.97 Å². The molecular weight excluding hydrogens is 222 g/mol. The van der Waals surface area contributed by atoms with Crippen LogP contribution in [0.4, 0.5) is 5.82 Å². The lowest BCUT2D eigenvalue weighted by Crippen LogP contribution is -2.16. The number of anilines is 1. The molecule has 1 aromatic heterocycles. The van der Waals surface area contributed by atoms with Crippen molar-refractivity contribution in [3.8, 4) is 0 Å². The Morgan fingerprint density at radius 1 is 1.31 bits per heavy atom. The molecule has 0 aliphatic rings. The second-order valence-corrected chi connectivity index (χ2v) is 4.92. The van der Waals surface area contributed by atoms with Gasteiger partial charge in [-0.05, 0) is 36.9 Å². The van der Waals surface area contributed by atoms with E-state index in [1.54, 1.807) is 6.20 Å². The van der Waals surface area contributed by atoms with E-state index in [9.17, 15) is 0 Å². The van der Waals surface area contributed by atoms with Gasteiger partial charge in [-0.2, -0.15) is 0 Å². The minimum absolute atomic E-state index is 0.291. The van der Waals surface area contributed by atoms with Gasteiger partial charge in [-0.3, -0.25) is 0 Å². The minimum atomic E-state index is 0.291. The summed E-state index contributed by atoms with van der Waals surface area (Å²) in [6, 6.07) is 2.26. The third-order valence-corrected chi connectivity index (χ3v) is 2.62. The zero-order valence-corrected chi connectivity index (χ0v) is 11.0. The molecule has 16 heavy (non-hydrogen) atoms. The molecule has 1 aromatic rings. The number of nitrogens with one attached hydrogen (secondary N) is 1. The van der Waals surface area contributed by atoms with Gasteiger partial charge in [0.05, 0.1) is 0 Å². The lowest BCUT2D eigenvalue weighted by atomic mass is 10.0. The zero-order chi connectivity index (χ0) is 12.0. The number of aromatic nitrogens is 2. The Balaban J connectivity index is 2.31. The lowest BCUT2D eigenvalue weighted by Gasteiger charge is -2.14. The fourth-order valence-electron chi connectivity index (χ4n) is 1.57. The molecule has 0 aliphatic heterocycles. The molecule has 0 radical (unpaired) electrons. The molecule has 90 valence electrons. The van der Waals surface area contributed by atoms with Gasteiger partial charge < -0.3 is 5.32 Å². The molecule has 0 aliphatic carbocycles. The number of rotatable bonds is 6. The largest absolute Gasteiger partial charge is 0.367 e. The predicted octanol–water partition coefficient (Wildman–Crippen LogP) is 3.76. The van der Waals surface area contributed by atoms with Crippen LogP contribution in [-0.4, -0.2) is 16.0 Å². The Kier molecular flexibility index (Phi) is 5.53. The minimum Gasteiger partial charge on any atom is -0.367 e. The molecule has 1 atom stereocenters. The maximum atomic E-state index is 5.71. The molecule has 1 rings (SSSR count). The van der Waals surface area contributed by atoms with Crippen molar-refractivity contribution in [3.05, 3.63) is 17.5 Å². The first-order valence-corrected chi connectivity index (χ1v) is 6.21. The molecule has 1 heterocycles. The molecule has 0 spiro atoms. The van der Waals surface area contributed by atoms with Crippen LogP contribution in [0.15, 0.2) is 12.3 Å². The van der Waals surface area contributed by atoms with Gasteiger partial charge in [0.1, 0.15) is 5.82 Å². The van der Waals surface area contributed by atoms with Crippen molar-refractivity contribution >= 4 is 17.4 Å². The number of hydrogen-bond donors (Lipinski definition) is 1. The zero-order valence-electron chi connectivity index (χ0n) is 10.2. The summed E-state index contributed by atoms with van der Waals surface area (Å²) in [5.41, 5.74) is 0. The first kappa shape index (κ1) is 13.2. The van der Waals surface area contributed by atoms with E-state index < -0.39 is 0 Å². The maximum Gasteiger partial charge on any atom is 0.224 e. The van der Waals surface area contributed by atoms with E-state index >= 15 is 0 Å². The van der Waals surface area contributed by atoms with Crippen LogP contribution in [0.3, 0.4) is 0 Å². The van der Waals surface area contributed by atoms with Gasteiger partial charge >= 0.3 is 0 Å². The van der Waals surface area contributed by atoms with E-state index in [-0.39, 0.29) is 0 Å². The van der Waals surface area contributed by atoms with Crippen molar-refractivity contribution in [2.75, 3.05) is 5.32 Å². The average molecular weight is 242 g/mol.